The molecule has 0 aromatic carbocycles. The minimum Gasteiger partial charge on any atom is -0.760 e. The third kappa shape index (κ3) is 3.81. The molecule has 1 aliphatic heterocycles. The third-order valence-electron chi connectivity index (χ3n) is 1.85. The van der Waals surface area contributed by atoms with Crippen molar-refractivity contribution in [3.8, 4) is 0 Å². The van der Waals surface area contributed by atoms with Crippen LogP contribution in [-0.2, 0) is 11.3 Å². The zero-order chi connectivity index (χ0) is 8.10. The summed E-state index contributed by atoms with van der Waals surface area (Å²) in [6.45, 7) is 3.62. The topological polar surface area (TPSA) is 55.4 Å². The maximum absolute atomic E-state index is 10.0. The van der Waals surface area contributed by atoms with Gasteiger partial charge in [0, 0.05) is 24.4 Å². The molecule has 0 spiro atoms. The second kappa shape index (κ2) is 4.82. The molecule has 1 saturated heterocycles. The van der Waals surface area contributed by atoms with E-state index < -0.39 is 11.3 Å². The molecule has 0 aromatic rings. The average molecular weight is 177 g/mol. The van der Waals surface area contributed by atoms with E-state index in [1.807, 2.05) is 0 Å². The Labute approximate surface area is 69.4 Å². The molecule has 0 aromatic heterocycles. The highest BCUT2D eigenvalue weighted by atomic mass is 32.2. The van der Waals surface area contributed by atoms with Gasteiger partial charge in [-0.05, 0) is 25.9 Å². The van der Waals surface area contributed by atoms with Crippen LogP contribution in [0.4, 0.5) is 0 Å². The molecule has 66 valence electrons. The van der Waals surface area contributed by atoms with Gasteiger partial charge in [0.2, 0.25) is 0 Å². The van der Waals surface area contributed by atoms with Crippen LogP contribution in [-0.4, -0.2) is 39.8 Å². The normalized spacial score (nSPS) is 22.3. The molecule has 1 heterocycles. The first-order chi connectivity index (χ1) is 5.29. The van der Waals surface area contributed by atoms with Gasteiger partial charge in [-0.1, -0.05) is 0 Å². The maximum atomic E-state index is 10.0. The van der Waals surface area contributed by atoms with E-state index in [1.54, 1.807) is 0 Å². The summed E-state index contributed by atoms with van der Waals surface area (Å²) < 4.78 is 22.4. The first-order valence-corrected chi connectivity index (χ1v) is 4.91. The third-order valence-corrected chi connectivity index (χ3v) is 2.29. The number of hydrogen-bond donors (Lipinski definition) is 1. The summed E-state index contributed by atoms with van der Waals surface area (Å²) in [6, 6.07) is 0. The van der Waals surface area contributed by atoms with Gasteiger partial charge >= 0.3 is 0 Å². The van der Waals surface area contributed by atoms with E-state index in [2.05, 4.69) is 9.62 Å². The lowest BCUT2D eigenvalue weighted by Crippen LogP contribution is -2.30. The summed E-state index contributed by atoms with van der Waals surface area (Å²) in [7, 11) is 0. The summed E-state index contributed by atoms with van der Waals surface area (Å²) in [5.74, 6) is 0. The van der Waals surface area contributed by atoms with E-state index >= 15 is 0 Å². The highest BCUT2D eigenvalue weighted by Gasteiger charge is 2.09. The van der Waals surface area contributed by atoms with E-state index in [1.165, 1.54) is 12.8 Å². The van der Waals surface area contributed by atoms with Gasteiger partial charge in [0.05, 0.1) is 0 Å². The Morgan fingerprint density at radius 3 is 2.64 bits per heavy atom. The van der Waals surface area contributed by atoms with Crippen molar-refractivity contribution in [1.82, 2.24) is 9.62 Å². The number of rotatable bonds is 4. The fourth-order valence-corrected chi connectivity index (χ4v) is 1.55. The molecule has 4 nitrogen and oxygen atoms in total. The first-order valence-electron chi connectivity index (χ1n) is 3.84. The van der Waals surface area contributed by atoms with Crippen molar-refractivity contribution in [3.05, 3.63) is 0 Å². The van der Waals surface area contributed by atoms with Crippen molar-refractivity contribution >= 4 is 11.3 Å². The molecule has 0 aliphatic carbocycles. The fraction of sp³-hybridized carbons (Fsp3) is 1.00. The van der Waals surface area contributed by atoms with Gasteiger partial charge in [-0.15, -0.1) is 0 Å². The zero-order valence-electron chi connectivity index (χ0n) is 6.41. The number of likely N-dealkylation sites (tertiary alicyclic amines) is 1. The second-order valence-electron chi connectivity index (χ2n) is 2.68. The van der Waals surface area contributed by atoms with Crippen LogP contribution in [0.25, 0.3) is 0 Å². The molecule has 0 saturated carbocycles. The lowest BCUT2D eigenvalue weighted by atomic mass is 10.4. The summed E-state index contributed by atoms with van der Waals surface area (Å²) in [5, 5.41) is 0. The van der Waals surface area contributed by atoms with Crippen LogP contribution in [0.3, 0.4) is 0 Å². The minimum atomic E-state index is -2.09. The van der Waals surface area contributed by atoms with Gasteiger partial charge in [-0.25, -0.2) is 4.72 Å². The van der Waals surface area contributed by atoms with Crippen LogP contribution in [0.2, 0.25) is 0 Å². The molecule has 0 radical (unpaired) electrons. The standard InChI is InChI=1S/C6H14N2O2S/c9-11(10)7-3-6-8-4-1-2-5-8/h7H,1-6H2,(H,9,10)/p-1. The molecule has 1 N–H and O–H groups in total. The molecule has 0 amide bonds. The van der Waals surface area contributed by atoms with E-state index in [4.69, 9.17) is 0 Å². The summed E-state index contributed by atoms with van der Waals surface area (Å²) in [4.78, 5) is 2.26. The number of nitrogens with zero attached hydrogens (tertiary/aromatic N) is 1. The Bertz CT molecular complexity index is 137. The number of nitrogens with one attached hydrogen (secondary N) is 1. The Kier molecular flexibility index (Phi) is 3.99. The molecule has 0 bridgehead atoms. The fourth-order valence-electron chi connectivity index (χ4n) is 1.29. The Morgan fingerprint density at radius 1 is 1.45 bits per heavy atom. The van der Waals surface area contributed by atoms with Crippen molar-refractivity contribution in [2.45, 2.75) is 12.8 Å². The second-order valence-corrected chi connectivity index (χ2v) is 3.44. The molecular formula is C6H13N2O2S-. The van der Waals surface area contributed by atoms with E-state index in [-0.39, 0.29) is 0 Å². The predicted molar refractivity (Wildman–Crippen MR) is 42.6 cm³/mol. The van der Waals surface area contributed by atoms with Gasteiger partial charge in [-0.3, -0.25) is 4.21 Å². The largest absolute Gasteiger partial charge is 0.760 e. The summed E-state index contributed by atoms with van der Waals surface area (Å²) >= 11 is -2.09. The highest BCUT2D eigenvalue weighted by Crippen LogP contribution is 2.05. The van der Waals surface area contributed by atoms with Crippen LogP contribution >= 0.6 is 0 Å². The van der Waals surface area contributed by atoms with Crippen molar-refractivity contribution < 1.29 is 8.76 Å². The average Bonchev–Trinajstić information content (AvgIpc) is 2.39. The molecule has 11 heavy (non-hydrogen) atoms. The Hall–Kier alpha value is 0.0300. The van der Waals surface area contributed by atoms with E-state index in [0.29, 0.717) is 6.54 Å². The van der Waals surface area contributed by atoms with Crippen LogP contribution in [0.15, 0.2) is 0 Å². The maximum Gasteiger partial charge on any atom is 0.0199 e. The highest BCUT2D eigenvalue weighted by molar-refractivity contribution is 7.77. The predicted octanol–water partition coefficient (Wildman–Crippen LogP) is -0.534. The van der Waals surface area contributed by atoms with E-state index in [0.717, 1.165) is 19.6 Å². The van der Waals surface area contributed by atoms with Gasteiger partial charge in [-0.2, -0.15) is 0 Å². The van der Waals surface area contributed by atoms with Gasteiger partial charge < -0.3 is 9.45 Å². The lowest BCUT2D eigenvalue weighted by Gasteiger charge is -2.15. The van der Waals surface area contributed by atoms with Crippen LogP contribution in [0.1, 0.15) is 12.8 Å². The molecule has 5 heteroatoms. The van der Waals surface area contributed by atoms with Crippen LogP contribution in [0.5, 0.6) is 0 Å². The SMILES string of the molecule is O=S([O-])NCCN1CCCC1. The molecule has 1 atom stereocenters. The monoisotopic (exact) mass is 177 g/mol. The van der Waals surface area contributed by atoms with Crippen molar-refractivity contribution in [3.63, 3.8) is 0 Å². The number of hydrogen-bond acceptors (Lipinski definition) is 3. The lowest BCUT2D eigenvalue weighted by molar-refractivity contribution is 0.343. The summed E-state index contributed by atoms with van der Waals surface area (Å²) in [5.41, 5.74) is 0. The van der Waals surface area contributed by atoms with E-state index in [9.17, 15) is 8.76 Å². The first kappa shape index (κ1) is 9.12. The van der Waals surface area contributed by atoms with Gasteiger partial charge in [0.15, 0.2) is 0 Å². The molecule has 1 rings (SSSR count). The van der Waals surface area contributed by atoms with Gasteiger partial charge in [0.1, 0.15) is 0 Å². The minimum absolute atomic E-state index is 0.538. The van der Waals surface area contributed by atoms with Crippen LogP contribution < -0.4 is 4.72 Å². The van der Waals surface area contributed by atoms with Crippen LogP contribution in [0, 0.1) is 0 Å². The van der Waals surface area contributed by atoms with Gasteiger partial charge in [0.25, 0.3) is 0 Å². The Morgan fingerprint density at radius 2 is 2.09 bits per heavy atom. The molecule has 1 fully saturated rings. The smallest absolute Gasteiger partial charge is 0.0199 e. The van der Waals surface area contributed by atoms with Crippen molar-refractivity contribution in [2.75, 3.05) is 26.2 Å². The van der Waals surface area contributed by atoms with Crippen molar-refractivity contribution in [2.24, 2.45) is 0 Å². The Balaban J connectivity index is 1.98. The van der Waals surface area contributed by atoms with Crippen molar-refractivity contribution in [1.29, 1.82) is 0 Å². The summed E-state index contributed by atoms with van der Waals surface area (Å²) in [6.07, 6.45) is 2.50. The zero-order valence-corrected chi connectivity index (χ0v) is 7.23. The molecule has 1 unspecified atom stereocenters. The molecule has 1 aliphatic rings. The quantitative estimate of drug-likeness (QED) is 0.587. The molecular weight excluding hydrogens is 164 g/mol.